The Morgan fingerprint density at radius 1 is 1.32 bits per heavy atom. The lowest BCUT2D eigenvalue weighted by Crippen LogP contribution is -2.33. The Hall–Kier alpha value is -2.08. The highest BCUT2D eigenvalue weighted by Gasteiger charge is 2.42. The van der Waals surface area contributed by atoms with Gasteiger partial charge >= 0.3 is 0 Å². The number of anilines is 1. The van der Waals surface area contributed by atoms with Crippen molar-refractivity contribution in [2.45, 2.75) is 18.9 Å². The maximum Gasteiger partial charge on any atom is 0.262 e. The van der Waals surface area contributed by atoms with E-state index in [4.69, 9.17) is 10.5 Å². The summed E-state index contributed by atoms with van der Waals surface area (Å²) in [6.45, 7) is 1.55. The molecule has 0 radical (unpaired) electrons. The van der Waals surface area contributed by atoms with E-state index >= 15 is 0 Å². The zero-order valence-corrected chi connectivity index (χ0v) is 12.2. The quantitative estimate of drug-likeness (QED) is 0.804. The number of benzene rings is 1. The average Bonchev–Trinajstić information content (AvgIpc) is 3.08. The lowest BCUT2D eigenvalue weighted by atomic mass is 9.98. The topological polar surface area (TPSA) is 84.7 Å². The Bertz CT molecular complexity index is 646. The van der Waals surface area contributed by atoms with Crippen LogP contribution in [0.3, 0.4) is 0 Å². The van der Waals surface area contributed by atoms with E-state index in [1.807, 2.05) is 4.90 Å². The van der Waals surface area contributed by atoms with Crippen molar-refractivity contribution in [3.05, 3.63) is 23.8 Å². The summed E-state index contributed by atoms with van der Waals surface area (Å²) in [7, 11) is 0. The second-order valence-corrected chi connectivity index (χ2v) is 6.42. The fourth-order valence-corrected chi connectivity index (χ4v) is 3.87. The minimum absolute atomic E-state index is 0.00391. The van der Waals surface area contributed by atoms with E-state index in [9.17, 15) is 9.59 Å². The first-order valence-electron chi connectivity index (χ1n) is 7.73. The molecule has 2 fully saturated rings. The van der Waals surface area contributed by atoms with Gasteiger partial charge in [-0.25, -0.2) is 0 Å². The van der Waals surface area contributed by atoms with Crippen LogP contribution in [0.2, 0.25) is 0 Å². The van der Waals surface area contributed by atoms with Crippen LogP contribution in [0.1, 0.15) is 23.2 Å². The number of nitrogens with two attached hydrogens (primary N) is 1. The van der Waals surface area contributed by atoms with Crippen LogP contribution in [0.25, 0.3) is 0 Å². The van der Waals surface area contributed by atoms with E-state index in [0.717, 1.165) is 25.9 Å². The van der Waals surface area contributed by atoms with Crippen molar-refractivity contribution in [2.24, 2.45) is 17.6 Å². The van der Waals surface area contributed by atoms with Crippen LogP contribution in [0.4, 0.5) is 5.69 Å². The van der Waals surface area contributed by atoms with Crippen LogP contribution < -0.4 is 15.8 Å². The number of ether oxygens (including phenoxy) is 1. The van der Waals surface area contributed by atoms with Crippen molar-refractivity contribution >= 4 is 17.5 Å². The number of nitrogens with one attached hydrogen (secondary N) is 1. The maximum atomic E-state index is 12.7. The number of carbonyl (C=O) groups is 2. The zero-order valence-electron chi connectivity index (χ0n) is 12.2. The second-order valence-electron chi connectivity index (χ2n) is 6.42. The molecule has 2 aliphatic heterocycles. The molecule has 116 valence electrons. The van der Waals surface area contributed by atoms with Gasteiger partial charge < -0.3 is 20.7 Å². The fourth-order valence-electron chi connectivity index (χ4n) is 3.87. The summed E-state index contributed by atoms with van der Waals surface area (Å²) in [5.74, 6) is 1.39. The number of amides is 2. The second kappa shape index (κ2) is 4.98. The molecule has 1 aromatic rings. The van der Waals surface area contributed by atoms with E-state index in [1.54, 1.807) is 18.2 Å². The lowest BCUT2D eigenvalue weighted by Gasteiger charge is -2.21. The summed E-state index contributed by atoms with van der Waals surface area (Å²) < 4.78 is 5.32. The summed E-state index contributed by atoms with van der Waals surface area (Å²) in [5.41, 5.74) is 7.27. The predicted octanol–water partition coefficient (Wildman–Crippen LogP) is 0.827. The molecule has 6 nitrogen and oxygen atoms in total. The molecule has 3 N–H and O–H groups in total. The first kappa shape index (κ1) is 13.6. The van der Waals surface area contributed by atoms with E-state index in [1.165, 1.54) is 0 Å². The van der Waals surface area contributed by atoms with Gasteiger partial charge in [-0.05, 0) is 42.9 Å². The van der Waals surface area contributed by atoms with Crippen LogP contribution in [0, 0.1) is 11.8 Å². The molecule has 1 saturated heterocycles. The van der Waals surface area contributed by atoms with Gasteiger partial charge in [0.25, 0.3) is 11.8 Å². The van der Waals surface area contributed by atoms with Gasteiger partial charge in [0.2, 0.25) is 0 Å². The molecule has 2 heterocycles. The van der Waals surface area contributed by atoms with E-state index in [0.29, 0.717) is 28.8 Å². The monoisotopic (exact) mass is 301 g/mol. The number of rotatable bonds is 1. The van der Waals surface area contributed by atoms with Crippen LogP contribution >= 0.6 is 0 Å². The van der Waals surface area contributed by atoms with Crippen molar-refractivity contribution in [3.8, 4) is 5.75 Å². The first-order valence-corrected chi connectivity index (χ1v) is 7.73. The van der Waals surface area contributed by atoms with Crippen molar-refractivity contribution in [3.63, 3.8) is 0 Å². The molecule has 3 atom stereocenters. The SMILES string of the molecule is NC1CCC2CN(C(=O)c3ccc4c(c3)NC(=O)CO4)CC12. The van der Waals surface area contributed by atoms with Crippen LogP contribution in [0.5, 0.6) is 5.75 Å². The first-order chi connectivity index (χ1) is 10.6. The molecule has 1 aliphatic carbocycles. The largest absolute Gasteiger partial charge is 0.482 e. The number of carbonyl (C=O) groups excluding carboxylic acids is 2. The molecule has 0 bridgehead atoms. The van der Waals surface area contributed by atoms with Gasteiger partial charge in [0.1, 0.15) is 5.75 Å². The molecule has 1 aromatic carbocycles. The third kappa shape index (κ3) is 2.14. The predicted molar refractivity (Wildman–Crippen MR) is 80.7 cm³/mol. The molecule has 0 aromatic heterocycles. The smallest absolute Gasteiger partial charge is 0.262 e. The van der Waals surface area contributed by atoms with Gasteiger partial charge in [-0.2, -0.15) is 0 Å². The number of hydrogen-bond donors (Lipinski definition) is 2. The Kier molecular flexibility index (Phi) is 3.07. The highest BCUT2D eigenvalue weighted by atomic mass is 16.5. The lowest BCUT2D eigenvalue weighted by molar-refractivity contribution is -0.118. The van der Waals surface area contributed by atoms with Crippen molar-refractivity contribution in [2.75, 3.05) is 25.0 Å². The average molecular weight is 301 g/mol. The molecule has 3 unspecified atom stereocenters. The summed E-state index contributed by atoms with van der Waals surface area (Å²) in [6.07, 6.45) is 2.18. The molecule has 22 heavy (non-hydrogen) atoms. The Labute approximate surface area is 128 Å². The van der Waals surface area contributed by atoms with Crippen molar-refractivity contribution in [1.29, 1.82) is 0 Å². The molecular weight excluding hydrogens is 282 g/mol. The van der Waals surface area contributed by atoms with Gasteiger partial charge in [0.15, 0.2) is 6.61 Å². The van der Waals surface area contributed by atoms with E-state index in [2.05, 4.69) is 5.32 Å². The van der Waals surface area contributed by atoms with Crippen LogP contribution in [-0.2, 0) is 4.79 Å². The van der Waals surface area contributed by atoms with Gasteiger partial charge in [-0.1, -0.05) is 0 Å². The molecule has 4 rings (SSSR count). The van der Waals surface area contributed by atoms with Gasteiger partial charge in [0.05, 0.1) is 5.69 Å². The van der Waals surface area contributed by atoms with Crippen LogP contribution in [0.15, 0.2) is 18.2 Å². The Balaban J connectivity index is 1.54. The normalized spacial score (nSPS) is 29.6. The van der Waals surface area contributed by atoms with E-state index in [-0.39, 0.29) is 24.5 Å². The molecule has 1 saturated carbocycles. The standard InChI is InChI=1S/C16H19N3O3/c17-12-3-1-10-6-19(7-11(10)12)16(21)9-2-4-14-13(5-9)18-15(20)8-22-14/h2,4-5,10-12H,1,3,6-8,17H2,(H,18,20). The Morgan fingerprint density at radius 3 is 3.00 bits per heavy atom. The highest BCUT2D eigenvalue weighted by Crippen LogP contribution is 2.38. The summed E-state index contributed by atoms with van der Waals surface area (Å²) >= 11 is 0. The minimum Gasteiger partial charge on any atom is -0.482 e. The fraction of sp³-hybridized carbons (Fsp3) is 0.500. The zero-order chi connectivity index (χ0) is 15.3. The molecule has 2 amide bonds. The summed E-state index contributed by atoms with van der Waals surface area (Å²) in [4.78, 5) is 26.0. The van der Waals surface area contributed by atoms with Crippen molar-refractivity contribution in [1.82, 2.24) is 4.90 Å². The van der Waals surface area contributed by atoms with Gasteiger partial charge in [-0.15, -0.1) is 0 Å². The summed E-state index contributed by atoms with van der Waals surface area (Å²) in [6, 6.07) is 5.42. The number of hydrogen-bond acceptors (Lipinski definition) is 4. The third-order valence-corrected chi connectivity index (χ3v) is 5.06. The Morgan fingerprint density at radius 2 is 2.18 bits per heavy atom. The van der Waals surface area contributed by atoms with Crippen LogP contribution in [-0.4, -0.2) is 42.5 Å². The molecule has 0 spiro atoms. The third-order valence-electron chi connectivity index (χ3n) is 5.06. The maximum absolute atomic E-state index is 12.7. The van der Waals surface area contributed by atoms with E-state index < -0.39 is 0 Å². The molecule has 6 heteroatoms. The summed E-state index contributed by atoms with van der Waals surface area (Å²) in [5, 5.41) is 2.74. The highest BCUT2D eigenvalue weighted by molar-refractivity contribution is 6.00. The number of nitrogens with zero attached hydrogens (tertiary/aromatic N) is 1. The minimum atomic E-state index is -0.196. The van der Waals surface area contributed by atoms with Gasteiger partial charge in [0, 0.05) is 24.7 Å². The molecule has 3 aliphatic rings. The van der Waals surface area contributed by atoms with Crippen molar-refractivity contribution < 1.29 is 14.3 Å². The number of fused-ring (bicyclic) bond motifs is 2. The molecular formula is C16H19N3O3. The number of likely N-dealkylation sites (tertiary alicyclic amines) is 1. The van der Waals surface area contributed by atoms with Gasteiger partial charge in [-0.3, -0.25) is 9.59 Å².